The highest BCUT2D eigenvalue weighted by molar-refractivity contribution is 9.10. The van der Waals surface area contributed by atoms with Gasteiger partial charge in [-0.3, -0.25) is 5.32 Å². The Bertz CT molecular complexity index is 451. The molecule has 0 saturated carbocycles. The smallest absolute Gasteiger partial charge is 0.330 e. The van der Waals surface area contributed by atoms with Crippen molar-refractivity contribution in [2.24, 2.45) is 0 Å². The van der Waals surface area contributed by atoms with E-state index in [0.717, 1.165) is 16.6 Å². The molecule has 0 aliphatic rings. The quantitative estimate of drug-likeness (QED) is 0.772. The van der Waals surface area contributed by atoms with Crippen LogP contribution in [0.15, 0.2) is 28.7 Å². The van der Waals surface area contributed by atoms with Crippen LogP contribution in [-0.4, -0.2) is 44.7 Å². The zero-order valence-electron chi connectivity index (χ0n) is 12.6. The summed E-state index contributed by atoms with van der Waals surface area (Å²) in [5.41, 5.74) is 0.0313. The third-order valence-electron chi connectivity index (χ3n) is 3.13. The highest BCUT2D eigenvalue weighted by Crippen LogP contribution is 2.29. The van der Waals surface area contributed by atoms with Crippen LogP contribution in [0.3, 0.4) is 0 Å². The maximum atomic E-state index is 12.4. The molecule has 0 aliphatic heterocycles. The van der Waals surface area contributed by atoms with Crippen LogP contribution in [0.5, 0.6) is 0 Å². The molecule has 0 amide bonds. The van der Waals surface area contributed by atoms with Gasteiger partial charge in [-0.1, -0.05) is 34.1 Å². The number of likely N-dealkylation sites (N-methyl/N-ethyl adjacent to an activating group) is 1. The normalized spacial score (nSPS) is 14.1. The van der Waals surface area contributed by atoms with Crippen LogP contribution < -0.4 is 5.32 Å². The van der Waals surface area contributed by atoms with Gasteiger partial charge in [0.15, 0.2) is 0 Å². The van der Waals surface area contributed by atoms with Crippen molar-refractivity contribution in [3.63, 3.8) is 0 Å². The molecule has 0 heterocycles. The standard InChI is InChI=1S/C15H23BrN2O2/c1-5-20-14(19)15(2,17-10-11-18(3)4)12-8-6-7-9-13(12)16/h6-9,17H,5,10-11H2,1-4H3. The van der Waals surface area contributed by atoms with Gasteiger partial charge in [0.1, 0.15) is 5.54 Å². The van der Waals surface area contributed by atoms with Crippen LogP contribution in [0, 0.1) is 0 Å². The average Bonchev–Trinajstić information content (AvgIpc) is 2.38. The van der Waals surface area contributed by atoms with Gasteiger partial charge in [-0.15, -0.1) is 0 Å². The van der Waals surface area contributed by atoms with Crippen molar-refractivity contribution in [2.45, 2.75) is 19.4 Å². The van der Waals surface area contributed by atoms with Gasteiger partial charge in [-0.2, -0.15) is 0 Å². The van der Waals surface area contributed by atoms with Gasteiger partial charge >= 0.3 is 5.97 Å². The van der Waals surface area contributed by atoms with Crippen molar-refractivity contribution in [1.29, 1.82) is 0 Å². The van der Waals surface area contributed by atoms with Crippen molar-refractivity contribution in [2.75, 3.05) is 33.8 Å². The third kappa shape index (κ3) is 4.30. The van der Waals surface area contributed by atoms with Gasteiger partial charge in [0.2, 0.25) is 0 Å². The molecule has 1 N–H and O–H groups in total. The maximum Gasteiger partial charge on any atom is 0.330 e. The number of esters is 1. The fraction of sp³-hybridized carbons (Fsp3) is 0.533. The summed E-state index contributed by atoms with van der Waals surface area (Å²) in [6.07, 6.45) is 0. The second-order valence-corrected chi connectivity index (χ2v) is 5.91. The molecule has 5 heteroatoms. The minimum atomic E-state index is -0.855. The van der Waals surface area contributed by atoms with Crippen molar-refractivity contribution in [3.8, 4) is 0 Å². The number of carbonyl (C=O) groups is 1. The van der Waals surface area contributed by atoms with E-state index >= 15 is 0 Å². The number of nitrogens with zero attached hydrogens (tertiary/aromatic N) is 1. The summed E-state index contributed by atoms with van der Waals surface area (Å²) < 4.78 is 6.13. The number of halogens is 1. The molecule has 4 nitrogen and oxygen atoms in total. The number of rotatable bonds is 7. The third-order valence-corrected chi connectivity index (χ3v) is 3.83. The molecule has 0 saturated heterocycles. The monoisotopic (exact) mass is 342 g/mol. The molecule has 0 aliphatic carbocycles. The van der Waals surface area contributed by atoms with E-state index < -0.39 is 5.54 Å². The Balaban J connectivity index is 3.01. The Hall–Kier alpha value is -0.910. The lowest BCUT2D eigenvalue weighted by Gasteiger charge is -2.30. The molecule has 0 aromatic heterocycles. The molecule has 20 heavy (non-hydrogen) atoms. The van der Waals surface area contributed by atoms with E-state index in [0.29, 0.717) is 13.2 Å². The van der Waals surface area contributed by atoms with E-state index in [1.165, 1.54) is 0 Å². The van der Waals surface area contributed by atoms with Crippen LogP contribution >= 0.6 is 15.9 Å². The molecule has 112 valence electrons. The predicted octanol–water partition coefficient (Wildman–Crippen LogP) is 2.38. The topological polar surface area (TPSA) is 41.6 Å². The maximum absolute atomic E-state index is 12.4. The number of benzene rings is 1. The van der Waals surface area contributed by atoms with Crippen LogP contribution in [0.25, 0.3) is 0 Å². The van der Waals surface area contributed by atoms with Gasteiger partial charge in [-0.05, 0) is 39.6 Å². The van der Waals surface area contributed by atoms with Crippen molar-refractivity contribution < 1.29 is 9.53 Å². The summed E-state index contributed by atoms with van der Waals surface area (Å²) >= 11 is 3.51. The minimum absolute atomic E-state index is 0.259. The first kappa shape index (κ1) is 17.1. The van der Waals surface area contributed by atoms with Crippen molar-refractivity contribution in [1.82, 2.24) is 10.2 Å². The summed E-state index contributed by atoms with van der Waals surface area (Å²) in [7, 11) is 4.00. The van der Waals surface area contributed by atoms with E-state index in [4.69, 9.17) is 4.74 Å². The van der Waals surface area contributed by atoms with Crippen LogP contribution in [0.4, 0.5) is 0 Å². The second-order valence-electron chi connectivity index (χ2n) is 5.06. The first-order valence-electron chi connectivity index (χ1n) is 6.73. The highest BCUT2D eigenvalue weighted by Gasteiger charge is 2.37. The molecule has 0 spiro atoms. The number of hydrogen-bond acceptors (Lipinski definition) is 4. The number of hydrogen-bond donors (Lipinski definition) is 1. The SMILES string of the molecule is CCOC(=O)C(C)(NCCN(C)C)c1ccccc1Br. The molecule has 0 fully saturated rings. The summed E-state index contributed by atoms with van der Waals surface area (Å²) in [5.74, 6) is -0.259. The van der Waals surface area contributed by atoms with E-state index in [9.17, 15) is 4.79 Å². The average molecular weight is 343 g/mol. The number of ether oxygens (including phenoxy) is 1. The summed E-state index contributed by atoms with van der Waals surface area (Å²) in [4.78, 5) is 14.4. The van der Waals surface area contributed by atoms with Gasteiger partial charge in [0.25, 0.3) is 0 Å². The first-order chi connectivity index (χ1) is 9.41. The molecule has 1 atom stereocenters. The van der Waals surface area contributed by atoms with Gasteiger partial charge in [0, 0.05) is 17.6 Å². The molecule has 1 rings (SSSR count). The molecular weight excluding hydrogens is 320 g/mol. The number of carbonyl (C=O) groups excluding carboxylic acids is 1. The second kappa shape index (κ2) is 7.76. The van der Waals surface area contributed by atoms with Gasteiger partial charge in [-0.25, -0.2) is 4.79 Å². The molecule has 0 radical (unpaired) electrons. The van der Waals surface area contributed by atoms with E-state index in [1.807, 2.05) is 52.2 Å². The number of nitrogens with one attached hydrogen (secondary N) is 1. The van der Waals surface area contributed by atoms with Crippen LogP contribution in [-0.2, 0) is 15.1 Å². The predicted molar refractivity (Wildman–Crippen MR) is 84.7 cm³/mol. The molecule has 1 aromatic carbocycles. The molecule has 1 unspecified atom stereocenters. The first-order valence-corrected chi connectivity index (χ1v) is 7.53. The molecule has 1 aromatic rings. The Morgan fingerprint density at radius 2 is 2.05 bits per heavy atom. The molecule has 0 bridgehead atoms. The largest absolute Gasteiger partial charge is 0.464 e. The lowest BCUT2D eigenvalue weighted by molar-refractivity contribution is -0.151. The zero-order chi connectivity index (χ0) is 15.2. The van der Waals surface area contributed by atoms with Crippen molar-refractivity contribution >= 4 is 21.9 Å². The minimum Gasteiger partial charge on any atom is -0.464 e. The summed E-state index contributed by atoms with van der Waals surface area (Å²) in [5, 5.41) is 3.32. The Labute approximate surface area is 129 Å². The lowest BCUT2D eigenvalue weighted by Crippen LogP contribution is -2.49. The summed E-state index contributed by atoms with van der Waals surface area (Å²) in [6.45, 7) is 5.59. The van der Waals surface area contributed by atoms with Gasteiger partial charge in [0.05, 0.1) is 6.61 Å². The van der Waals surface area contributed by atoms with Crippen LogP contribution in [0.2, 0.25) is 0 Å². The Morgan fingerprint density at radius 1 is 1.40 bits per heavy atom. The Morgan fingerprint density at radius 3 is 2.60 bits per heavy atom. The van der Waals surface area contributed by atoms with E-state index in [2.05, 4.69) is 26.1 Å². The van der Waals surface area contributed by atoms with Crippen molar-refractivity contribution in [3.05, 3.63) is 34.3 Å². The van der Waals surface area contributed by atoms with E-state index in [-0.39, 0.29) is 5.97 Å². The highest BCUT2D eigenvalue weighted by atomic mass is 79.9. The summed E-state index contributed by atoms with van der Waals surface area (Å²) in [6, 6.07) is 7.72. The Kier molecular flexibility index (Phi) is 6.65. The van der Waals surface area contributed by atoms with Crippen LogP contribution in [0.1, 0.15) is 19.4 Å². The van der Waals surface area contributed by atoms with Gasteiger partial charge < -0.3 is 9.64 Å². The zero-order valence-corrected chi connectivity index (χ0v) is 14.2. The fourth-order valence-corrected chi connectivity index (χ4v) is 2.63. The van der Waals surface area contributed by atoms with E-state index in [1.54, 1.807) is 0 Å². The molecular formula is C15H23BrN2O2. The fourth-order valence-electron chi connectivity index (χ4n) is 1.95. The lowest BCUT2D eigenvalue weighted by atomic mass is 9.92.